The van der Waals surface area contributed by atoms with Crippen molar-refractivity contribution in [2.75, 3.05) is 19.7 Å². The molecule has 2 heterocycles. The Bertz CT molecular complexity index is 682. The zero-order valence-electron chi connectivity index (χ0n) is 13.8. The number of likely N-dealkylation sites (tertiary alicyclic amines) is 1. The smallest absolute Gasteiger partial charge is 0.409 e. The molecule has 6 nitrogen and oxygen atoms in total. The molecule has 3 rings (SSSR count). The molecule has 0 radical (unpaired) electrons. The van der Waals surface area contributed by atoms with Gasteiger partial charge in [0, 0.05) is 37.6 Å². The molecule has 1 aliphatic rings. The number of hydrogen-bond donors (Lipinski definition) is 1. The summed E-state index contributed by atoms with van der Waals surface area (Å²) in [5, 5.41) is 9.43. The lowest BCUT2D eigenvalue weighted by Gasteiger charge is -2.16. The van der Waals surface area contributed by atoms with E-state index < -0.39 is 0 Å². The van der Waals surface area contributed by atoms with E-state index in [-0.39, 0.29) is 6.09 Å². The number of rotatable bonds is 5. The first kappa shape index (κ1) is 15.8. The molecule has 1 N–H and O–H groups in total. The number of amides is 1. The van der Waals surface area contributed by atoms with Crippen LogP contribution in [0.4, 0.5) is 4.79 Å². The first-order valence-electron chi connectivity index (χ1n) is 8.32. The van der Waals surface area contributed by atoms with Crippen molar-refractivity contribution in [2.24, 2.45) is 0 Å². The Kier molecular flexibility index (Phi) is 4.81. The van der Waals surface area contributed by atoms with Crippen molar-refractivity contribution in [1.29, 1.82) is 0 Å². The zero-order chi connectivity index (χ0) is 16.2. The molecular weight excluding hydrogens is 292 g/mol. The molecule has 124 valence electrons. The standard InChI is InChI=1S/C17H24N4O2/c1-3-21-16-8-6-5-7-14(16)15(19-21)11-18-13-9-10-20(12-13)17(22)23-4-2/h5-8,13,18H,3-4,9-12H2,1-2H3. The van der Waals surface area contributed by atoms with E-state index in [1.165, 1.54) is 10.9 Å². The van der Waals surface area contributed by atoms with Crippen LogP contribution in [-0.2, 0) is 17.8 Å². The Labute approximate surface area is 136 Å². The highest BCUT2D eigenvalue weighted by molar-refractivity contribution is 5.81. The number of fused-ring (bicyclic) bond motifs is 1. The van der Waals surface area contributed by atoms with Gasteiger partial charge in [0.15, 0.2) is 0 Å². The molecule has 0 saturated carbocycles. The first-order chi connectivity index (χ1) is 11.2. The number of carbonyl (C=O) groups is 1. The molecule has 1 aromatic carbocycles. The minimum Gasteiger partial charge on any atom is -0.450 e. The van der Waals surface area contributed by atoms with Crippen LogP contribution in [-0.4, -0.2) is 46.5 Å². The lowest BCUT2D eigenvalue weighted by Crippen LogP contribution is -2.35. The van der Waals surface area contributed by atoms with E-state index in [1.54, 1.807) is 4.90 Å². The fourth-order valence-corrected chi connectivity index (χ4v) is 3.12. The largest absolute Gasteiger partial charge is 0.450 e. The van der Waals surface area contributed by atoms with Crippen molar-refractivity contribution in [3.63, 3.8) is 0 Å². The molecule has 6 heteroatoms. The van der Waals surface area contributed by atoms with Gasteiger partial charge in [-0.1, -0.05) is 18.2 Å². The fraction of sp³-hybridized carbons (Fsp3) is 0.529. The summed E-state index contributed by atoms with van der Waals surface area (Å²) in [5.74, 6) is 0. The monoisotopic (exact) mass is 316 g/mol. The second-order valence-electron chi connectivity index (χ2n) is 5.79. The van der Waals surface area contributed by atoms with Crippen LogP contribution in [0.2, 0.25) is 0 Å². The normalized spacial score (nSPS) is 17.8. The number of carbonyl (C=O) groups excluding carboxylic acids is 1. The maximum Gasteiger partial charge on any atom is 0.409 e. The Morgan fingerprint density at radius 3 is 3.00 bits per heavy atom. The SMILES string of the molecule is CCOC(=O)N1CCC(NCc2nn(CC)c3ccccc23)C1. The number of nitrogens with zero attached hydrogens (tertiary/aromatic N) is 3. The highest BCUT2D eigenvalue weighted by Crippen LogP contribution is 2.19. The summed E-state index contributed by atoms with van der Waals surface area (Å²) >= 11 is 0. The molecular formula is C17H24N4O2. The number of para-hydroxylation sites is 1. The predicted octanol–water partition coefficient (Wildman–Crippen LogP) is 2.38. The van der Waals surface area contributed by atoms with Gasteiger partial charge < -0.3 is 15.0 Å². The summed E-state index contributed by atoms with van der Waals surface area (Å²) < 4.78 is 7.09. The van der Waals surface area contributed by atoms with Gasteiger partial charge in [0.25, 0.3) is 0 Å². The number of ether oxygens (including phenoxy) is 1. The first-order valence-corrected chi connectivity index (χ1v) is 8.32. The summed E-state index contributed by atoms with van der Waals surface area (Å²) in [6.07, 6.45) is 0.739. The van der Waals surface area contributed by atoms with Gasteiger partial charge in [-0.05, 0) is 26.3 Å². The molecule has 23 heavy (non-hydrogen) atoms. The summed E-state index contributed by atoms with van der Waals surface area (Å²) in [5.41, 5.74) is 2.24. The van der Waals surface area contributed by atoms with Gasteiger partial charge in [0.2, 0.25) is 0 Å². The molecule has 0 spiro atoms. The number of aryl methyl sites for hydroxylation is 1. The van der Waals surface area contributed by atoms with Gasteiger partial charge in [-0.25, -0.2) is 4.79 Å². The fourth-order valence-electron chi connectivity index (χ4n) is 3.12. The van der Waals surface area contributed by atoms with Crippen molar-refractivity contribution >= 4 is 17.0 Å². The van der Waals surface area contributed by atoms with Crippen LogP contribution in [0.3, 0.4) is 0 Å². The van der Waals surface area contributed by atoms with Crippen molar-refractivity contribution in [2.45, 2.75) is 39.4 Å². The van der Waals surface area contributed by atoms with Crippen molar-refractivity contribution < 1.29 is 9.53 Å². The van der Waals surface area contributed by atoms with Gasteiger partial charge in [0.05, 0.1) is 17.8 Å². The second-order valence-corrected chi connectivity index (χ2v) is 5.79. The molecule has 1 saturated heterocycles. The minimum atomic E-state index is -0.211. The molecule has 1 aromatic heterocycles. The zero-order valence-corrected chi connectivity index (χ0v) is 13.8. The maximum absolute atomic E-state index is 11.7. The van der Waals surface area contributed by atoms with Crippen LogP contribution in [0.25, 0.3) is 10.9 Å². The average molecular weight is 316 g/mol. The summed E-state index contributed by atoms with van der Waals surface area (Å²) in [6, 6.07) is 8.61. The van der Waals surface area contributed by atoms with E-state index in [9.17, 15) is 4.79 Å². The topological polar surface area (TPSA) is 59.4 Å². The van der Waals surface area contributed by atoms with Gasteiger partial charge in [-0.3, -0.25) is 4.68 Å². The maximum atomic E-state index is 11.7. The second kappa shape index (κ2) is 7.00. The Hall–Kier alpha value is -2.08. The Morgan fingerprint density at radius 2 is 2.22 bits per heavy atom. The third kappa shape index (κ3) is 3.32. The molecule has 0 aliphatic carbocycles. The highest BCUT2D eigenvalue weighted by atomic mass is 16.6. The molecule has 1 unspecified atom stereocenters. The lowest BCUT2D eigenvalue weighted by molar-refractivity contribution is 0.115. The summed E-state index contributed by atoms with van der Waals surface area (Å²) in [4.78, 5) is 13.5. The molecule has 1 aliphatic heterocycles. The molecule has 1 atom stereocenters. The van der Waals surface area contributed by atoms with Crippen LogP contribution in [0.15, 0.2) is 24.3 Å². The molecule has 1 amide bonds. The Balaban J connectivity index is 1.62. The number of aromatic nitrogens is 2. The van der Waals surface area contributed by atoms with Crippen molar-refractivity contribution in [3.05, 3.63) is 30.0 Å². The van der Waals surface area contributed by atoms with E-state index in [1.807, 2.05) is 23.7 Å². The predicted molar refractivity (Wildman–Crippen MR) is 89.2 cm³/mol. The van der Waals surface area contributed by atoms with Crippen LogP contribution in [0, 0.1) is 0 Å². The van der Waals surface area contributed by atoms with Gasteiger partial charge >= 0.3 is 6.09 Å². The molecule has 0 bridgehead atoms. The quantitative estimate of drug-likeness (QED) is 0.920. The summed E-state index contributed by atoms with van der Waals surface area (Å²) in [7, 11) is 0. The third-order valence-electron chi connectivity index (χ3n) is 4.31. The van der Waals surface area contributed by atoms with Gasteiger partial charge in [-0.15, -0.1) is 0 Å². The third-order valence-corrected chi connectivity index (χ3v) is 4.31. The van der Waals surface area contributed by atoms with Crippen LogP contribution < -0.4 is 5.32 Å². The lowest BCUT2D eigenvalue weighted by atomic mass is 10.2. The number of nitrogens with one attached hydrogen (secondary N) is 1. The van der Waals surface area contributed by atoms with Crippen LogP contribution in [0.5, 0.6) is 0 Å². The van der Waals surface area contributed by atoms with E-state index in [0.29, 0.717) is 19.2 Å². The average Bonchev–Trinajstić information content (AvgIpc) is 3.18. The van der Waals surface area contributed by atoms with Crippen LogP contribution in [0.1, 0.15) is 26.0 Å². The van der Waals surface area contributed by atoms with Crippen LogP contribution >= 0.6 is 0 Å². The number of benzene rings is 1. The van der Waals surface area contributed by atoms with Crippen molar-refractivity contribution in [3.8, 4) is 0 Å². The summed E-state index contributed by atoms with van der Waals surface area (Å²) in [6.45, 7) is 7.39. The van der Waals surface area contributed by atoms with E-state index in [4.69, 9.17) is 9.84 Å². The van der Waals surface area contributed by atoms with E-state index >= 15 is 0 Å². The highest BCUT2D eigenvalue weighted by Gasteiger charge is 2.27. The van der Waals surface area contributed by atoms with E-state index in [2.05, 4.69) is 24.4 Å². The molecule has 1 fully saturated rings. The van der Waals surface area contributed by atoms with E-state index in [0.717, 1.165) is 31.7 Å². The van der Waals surface area contributed by atoms with Gasteiger partial charge in [0.1, 0.15) is 0 Å². The molecule has 2 aromatic rings. The van der Waals surface area contributed by atoms with Gasteiger partial charge in [-0.2, -0.15) is 5.10 Å². The van der Waals surface area contributed by atoms with Crippen molar-refractivity contribution in [1.82, 2.24) is 20.0 Å². The Morgan fingerprint density at radius 1 is 1.39 bits per heavy atom. The number of hydrogen-bond acceptors (Lipinski definition) is 4. The minimum absolute atomic E-state index is 0.211.